The molecule has 3 aromatic rings. The number of anilines is 1. The molecule has 1 aromatic heterocycles. The minimum atomic E-state index is -1.61. The fraction of sp³-hybridized carbons (Fsp3) is 0.0952. The molecule has 30 heavy (non-hydrogen) atoms. The second-order valence-electron chi connectivity index (χ2n) is 6.73. The molecule has 0 fully saturated rings. The SMILES string of the molecule is O=C(O)C(=O)Nc1ccc2c(=O)n3c(nc2c1)/C(=C/c1ccc(C(=O)O)cc1)CC3. The van der Waals surface area contributed by atoms with Crippen LogP contribution in [0.25, 0.3) is 22.6 Å². The number of carbonyl (C=O) groups is 3. The molecule has 150 valence electrons. The number of hydrogen-bond donors (Lipinski definition) is 3. The largest absolute Gasteiger partial charge is 0.478 e. The number of aromatic carboxylic acids is 1. The maximum atomic E-state index is 12.8. The van der Waals surface area contributed by atoms with E-state index in [1.807, 2.05) is 6.08 Å². The first-order valence-corrected chi connectivity index (χ1v) is 8.96. The van der Waals surface area contributed by atoms with E-state index in [4.69, 9.17) is 10.2 Å². The Balaban J connectivity index is 1.75. The van der Waals surface area contributed by atoms with Crippen molar-refractivity contribution in [2.45, 2.75) is 13.0 Å². The summed E-state index contributed by atoms with van der Waals surface area (Å²) in [5.41, 5.74) is 2.11. The number of aromatic nitrogens is 2. The summed E-state index contributed by atoms with van der Waals surface area (Å²) < 4.78 is 1.56. The third-order valence-electron chi connectivity index (χ3n) is 4.80. The number of hydrogen-bond acceptors (Lipinski definition) is 5. The Morgan fingerprint density at radius 3 is 2.47 bits per heavy atom. The molecular formula is C21H15N3O6. The summed E-state index contributed by atoms with van der Waals surface area (Å²) in [6.07, 6.45) is 2.43. The number of amides is 1. The van der Waals surface area contributed by atoms with Crippen molar-refractivity contribution in [2.24, 2.45) is 0 Å². The predicted molar refractivity (Wildman–Crippen MR) is 108 cm³/mol. The van der Waals surface area contributed by atoms with E-state index in [9.17, 15) is 19.2 Å². The molecule has 3 N–H and O–H groups in total. The molecule has 9 nitrogen and oxygen atoms in total. The topological polar surface area (TPSA) is 139 Å². The number of allylic oxidation sites excluding steroid dienone is 1. The van der Waals surface area contributed by atoms with E-state index in [1.54, 1.807) is 16.7 Å². The molecule has 2 heterocycles. The summed E-state index contributed by atoms with van der Waals surface area (Å²) in [5.74, 6) is -3.32. The molecule has 2 aromatic carbocycles. The van der Waals surface area contributed by atoms with E-state index in [0.717, 1.165) is 11.1 Å². The Kier molecular flexibility index (Phi) is 4.63. The molecule has 9 heteroatoms. The van der Waals surface area contributed by atoms with Crippen LogP contribution in [0.2, 0.25) is 0 Å². The zero-order valence-corrected chi connectivity index (χ0v) is 15.5. The molecule has 1 aliphatic rings. The first kappa shape index (κ1) is 19.1. The molecular weight excluding hydrogens is 390 g/mol. The molecule has 0 radical (unpaired) electrons. The van der Waals surface area contributed by atoms with Gasteiger partial charge in [-0.05, 0) is 54.0 Å². The lowest BCUT2D eigenvalue weighted by Crippen LogP contribution is -2.23. The van der Waals surface area contributed by atoms with Crippen molar-refractivity contribution in [1.82, 2.24) is 9.55 Å². The standard InChI is InChI=1S/C21H15N3O6/c25-18(21(29)30)22-14-5-6-15-16(10-14)23-17-13(7-8-24(17)19(15)26)9-11-1-3-12(4-2-11)20(27)28/h1-6,9-10H,7-8H2,(H,22,25)(H,27,28)(H,29,30)/b13-9+. The summed E-state index contributed by atoms with van der Waals surface area (Å²) >= 11 is 0. The first-order chi connectivity index (χ1) is 14.3. The van der Waals surface area contributed by atoms with Crippen LogP contribution >= 0.6 is 0 Å². The second kappa shape index (κ2) is 7.28. The van der Waals surface area contributed by atoms with Gasteiger partial charge in [0.2, 0.25) is 0 Å². The number of rotatable bonds is 3. The van der Waals surface area contributed by atoms with E-state index >= 15 is 0 Å². The Labute approximate surface area is 168 Å². The normalized spacial score (nSPS) is 13.9. The van der Waals surface area contributed by atoms with Crippen molar-refractivity contribution in [2.75, 3.05) is 5.32 Å². The molecule has 0 saturated heterocycles. The van der Waals surface area contributed by atoms with Crippen LogP contribution in [0.15, 0.2) is 47.3 Å². The predicted octanol–water partition coefficient (Wildman–Crippen LogP) is 2.06. The summed E-state index contributed by atoms with van der Waals surface area (Å²) in [5, 5.41) is 20.3. The molecule has 1 aliphatic heterocycles. The van der Waals surface area contributed by atoms with Crippen LogP contribution in [0, 0.1) is 0 Å². The fourth-order valence-electron chi connectivity index (χ4n) is 3.34. The number of carboxylic acid groups (broad SMARTS) is 2. The molecule has 0 aliphatic carbocycles. The molecule has 0 unspecified atom stereocenters. The van der Waals surface area contributed by atoms with Gasteiger partial charge in [0.05, 0.1) is 16.5 Å². The van der Waals surface area contributed by atoms with Crippen LogP contribution in [0.4, 0.5) is 5.69 Å². The number of fused-ring (bicyclic) bond motifs is 2. The van der Waals surface area contributed by atoms with Gasteiger partial charge in [0.1, 0.15) is 5.82 Å². The quantitative estimate of drug-likeness (QED) is 0.567. The third-order valence-corrected chi connectivity index (χ3v) is 4.80. The summed E-state index contributed by atoms with van der Waals surface area (Å²) in [6, 6.07) is 10.8. The second-order valence-corrected chi connectivity index (χ2v) is 6.73. The lowest BCUT2D eigenvalue weighted by molar-refractivity contribution is -0.147. The van der Waals surface area contributed by atoms with Crippen LogP contribution in [0.1, 0.15) is 28.2 Å². The number of carboxylic acids is 2. The van der Waals surface area contributed by atoms with Crippen LogP contribution in [0.3, 0.4) is 0 Å². The minimum Gasteiger partial charge on any atom is -0.478 e. The average Bonchev–Trinajstić information content (AvgIpc) is 3.11. The first-order valence-electron chi connectivity index (χ1n) is 8.96. The maximum Gasteiger partial charge on any atom is 0.394 e. The van der Waals surface area contributed by atoms with Gasteiger partial charge < -0.3 is 15.5 Å². The van der Waals surface area contributed by atoms with Crippen LogP contribution in [-0.2, 0) is 16.1 Å². The van der Waals surface area contributed by atoms with Crippen LogP contribution in [0.5, 0.6) is 0 Å². The van der Waals surface area contributed by atoms with Gasteiger partial charge in [-0.3, -0.25) is 14.2 Å². The summed E-state index contributed by atoms with van der Waals surface area (Å²) in [4.78, 5) is 50.5. The highest BCUT2D eigenvalue weighted by Crippen LogP contribution is 2.28. The van der Waals surface area contributed by atoms with Crippen molar-refractivity contribution in [3.8, 4) is 0 Å². The smallest absolute Gasteiger partial charge is 0.394 e. The zero-order chi connectivity index (χ0) is 21.4. The summed E-state index contributed by atoms with van der Waals surface area (Å²) in [6.45, 7) is 0.466. The van der Waals surface area contributed by atoms with Crippen molar-refractivity contribution < 1.29 is 24.6 Å². The Hall–Kier alpha value is -4.27. The van der Waals surface area contributed by atoms with E-state index in [2.05, 4.69) is 10.3 Å². The van der Waals surface area contributed by atoms with E-state index in [1.165, 1.54) is 30.3 Å². The van der Waals surface area contributed by atoms with Crippen molar-refractivity contribution in [3.05, 3.63) is 69.8 Å². The molecule has 0 bridgehead atoms. The molecule has 0 spiro atoms. The highest BCUT2D eigenvalue weighted by molar-refractivity contribution is 6.36. The van der Waals surface area contributed by atoms with E-state index in [0.29, 0.717) is 29.7 Å². The van der Waals surface area contributed by atoms with Gasteiger partial charge in [0, 0.05) is 12.2 Å². The van der Waals surface area contributed by atoms with Crippen LogP contribution < -0.4 is 10.9 Å². The van der Waals surface area contributed by atoms with Gasteiger partial charge in [-0.2, -0.15) is 0 Å². The lowest BCUT2D eigenvalue weighted by Gasteiger charge is -2.08. The number of aliphatic carboxylic acids is 1. The monoisotopic (exact) mass is 405 g/mol. The third kappa shape index (κ3) is 3.44. The van der Waals surface area contributed by atoms with Gasteiger partial charge in [-0.15, -0.1) is 0 Å². The van der Waals surface area contributed by atoms with Crippen molar-refractivity contribution >= 4 is 46.1 Å². The van der Waals surface area contributed by atoms with E-state index < -0.39 is 17.8 Å². The fourth-order valence-corrected chi connectivity index (χ4v) is 3.34. The van der Waals surface area contributed by atoms with Gasteiger partial charge in [-0.25, -0.2) is 14.6 Å². The number of nitrogens with one attached hydrogen (secondary N) is 1. The minimum absolute atomic E-state index is 0.181. The van der Waals surface area contributed by atoms with Crippen LogP contribution in [-0.4, -0.2) is 37.6 Å². The van der Waals surface area contributed by atoms with Gasteiger partial charge in [0.15, 0.2) is 0 Å². The Morgan fingerprint density at radius 1 is 1.07 bits per heavy atom. The lowest BCUT2D eigenvalue weighted by atomic mass is 10.1. The number of nitrogens with zero attached hydrogens (tertiary/aromatic N) is 2. The maximum absolute atomic E-state index is 12.8. The molecule has 0 saturated carbocycles. The van der Waals surface area contributed by atoms with E-state index in [-0.39, 0.29) is 16.8 Å². The zero-order valence-electron chi connectivity index (χ0n) is 15.5. The van der Waals surface area contributed by atoms with Gasteiger partial charge >= 0.3 is 17.8 Å². The Bertz CT molecular complexity index is 1300. The average molecular weight is 405 g/mol. The number of carbonyl (C=O) groups excluding carboxylic acids is 1. The molecule has 4 rings (SSSR count). The highest BCUT2D eigenvalue weighted by Gasteiger charge is 2.21. The van der Waals surface area contributed by atoms with Crippen molar-refractivity contribution in [1.29, 1.82) is 0 Å². The Morgan fingerprint density at radius 2 is 1.80 bits per heavy atom. The van der Waals surface area contributed by atoms with Gasteiger partial charge in [-0.1, -0.05) is 12.1 Å². The number of benzene rings is 2. The summed E-state index contributed by atoms with van der Waals surface area (Å²) in [7, 11) is 0. The van der Waals surface area contributed by atoms with Gasteiger partial charge in [0.25, 0.3) is 5.56 Å². The van der Waals surface area contributed by atoms with Crippen molar-refractivity contribution in [3.63, 3.8) is 0 Å². The highest BCUT2D eigenvalue weighted by atomic mass is 16.4. The molecule has 0 atom stereocenters. The molecule has 1 amide bonds.